The van der Waals surface area contributed by atoms with Crippen molar-refractivity contribution < 1.29 is 14.3 Å². The number of anilines is 1. The molecule has 1 amide bonds. The van der Waals surface area contributed by atoms with Crippen molar-refractivity contribution in [3.63, 3.8) is 0 Å². The van der Waals surface area contributed by atoms with E-state index >= 15 is 0 Å². The predicted molar refractivity (Wildman–Crippen MR) is 114 cm³/mol. The van der Waals surface area contributed by atoms with Crippen LogP contribution in [0.2, 0.25) is 0 Å². The van der Waals surface area contributed by atoms with E-state index < -0.39 is 0 Å². The molecule has 2 rings (SSSR count). The minimum absolute atomic E-state index is 0.0156. The number of nitrogens with one attached hydrogen (secondary N) is 2. The van der Waals surface area contributed by atoms with Crippen molar-refractivity contribution in [1.82, 2.24) is 5.32 Å². The first-order chi connectivity index (χ1) is 13.5. The van der Waals surface area contributed by atoms with Crippen LogP contribution in [0.1, 0.15) is 51.8 Å². The molecule has 0 saturated carbocycles. The maximum Gasteiger partial charge on any atom is 0.241 e. The molecule has 28 heavy (non-hydrogen) atoms. The van der Waals surface area contributed by atoms with Gasteiger partial charge in [-0.1, -0.05) is 25.1 Å². The topological polar surface area (TPSA) is 59.6 Å². The number of hydrogen-bond donors (Lipinski definition) is 2. The first-order valence-electron chi connectivity index (χ1n) is 10.0. The summed E-state index contributed by atoms with van der Waals surface area (Å²) in [6.07, 6.45) is 0.982. The monoisotopic (exact) mass is 384 g/mol. The Bertz CT molecular complexity index is 759. The molecule has 5 nitrogen and oxygen atoms in total. The van der Waals surface area contributed by atoms with E-state index in [4.69, 9.17) is 9.47 Å². The second-order valence-electron chi connectivity index (χ2n) is 6.72. The van der Waals surface area contributed by atoms with Crippen LogP contribution >= 0.6 is 0 Å². The van der Waals surface area contributed by atoms with E-state index in [1.807, 2.05) is 70.2 Å². The van der Waals surface area contributed by atoms with Gasteiger partial charge in [0.25, 0.3) is 0 Å². The Labute approximate surface area is 168 Å². The van der Waals surface area contributed by atoms with E-state index in [1.165, 1.54) is 5.56 Å². The second kappa shape index (κ2) is 10.7. The highest BCUT2D eigenvalue weighted by Crippen LogP contribution is 2.30. The van der Waals surface area contributed by atoms with Crippen LogP contribution in [0.3, 0.4) is 0 Å². The molecule has 152 valence electrons. The molecule has 2 atom stereocenters. The molecular weight excluding hydrogens is 352 g/mol. The van der Waals surface area contributed by atoms with Crippen LogP contribution in [-0.2, 0) is 11.2 Å². The molecule has 2 aromatic rings. The molecule has 0 unspecified atom stereocenters. The normalized spacial score (nSPS) is 12.9. The number of carbonyl (C=O) groups is 1. The van der Waals surface area contributed by atoms with E-state index in [0.29, 0.717) is 13.2 Å². The lowest BCUT2D eigenvalue weighted by molar-refractivity contribution is -0.117. The Kier molecular flexibility index (Phi) is 8.33. The number of amides is 1. The maximum absolute atomic E-state index is 12.5. The van der Waals surface area contributed by atoms with Crippen molar-refractivity contribution in [2.45, 2.75) is 53.1 Å². The number of benzene rings is 2. The second-order valence-corrected chi connectivity index (χ2v) is 6.72. The molecule has 0 aliphatic heterocycles. The molecule has 0 bridgehead atoms. The third-order valence-electron chi connectivity index (χ3n) is 4.59. The summed E-state index contributed by atoms with van der Waals surface area (Å²) in [4.78, 5) is 12.5. The Morgan fingerprint density at radius 2 is 1.57 bits per heavy atom. The predicted octanol–water partition coefficient (Wildman–Crippen LogP) is 4.72. The van der Waals surface area contributed by atoms with Gasteiger partial charge in [0.1, 0.15) is 0 Å². The van der Waals surface area contributed by atoms with E-state index in [1.54, 1.807) is 0 Å². The van der Waals surface area contributed by atoms with Gasteiger partial charge in [0, 0.05) is 11.7 Å². The van der Waals surface area contributed by atoms with Gasteiger partial charge in [-0.3, -0.25) is 10.1 Å². The first kappa shape index (κ1) is 21.8. The Morgan fingerprint density at radius 1 is 0.929 bits per heavy atom. The zero-order valence-corrected chi connectivity index (χ0v) is 17.5. The average Bonchev–Trinajstić information content (AvgIpc) is 2.70. The molecule has 2 aromatic carbocycles. The van der Waals surface area contributed by atoms with Gasteiger partial charge >= 0.3 is 0 Å². The van der Waals surface area contributed by atoms with Crippen molar-refractivity contribution in [2.24, 2.45) is 0 Å². The zero-order valence-electron chi connectivity index (χ0n) is 17.5. The van der Waals surface area contributed by atoms with Gasteiger partial charge in [-0.25, -0.2) is 0 Å². The molecule has 0 heterocycles. The minimum Gasteiger partial charge on any atom is -0.490 e. The van der Waals surface area contributed by atoms with Gasteiger partial charge in [-0.05, 0) is 69.5 Å². The number of rotatable bonds is 10. The molecule has 5 heteroatoms. The van der Waals surface area contributed by atoms with Crippen molar-refractivity contribution in [2.75, 3.05) is 18.5 Å². The van der Waals surface area contributed by atoms with Crippen LogP contribution in [0.4, 0.5) is 5.69 Å². The molecular formula is C23H32N2O3. The fraction of sp³-hybridized carbons (Fsp3) is 0.435. The summed E-state index contributed by atoms with van der Waals surface area (Å²) < 4.78 is 11.3. The van der Waals surface area contributed by atoms with Gasteiger partial charge in [-0.15, -0.1) is 0 Å². The van der Waals surface area contributed by atoms with Gasteiger partial charge in [0.2, 0.25) is 5.91 Å². The number of carbonyl (C=O) groups excluding carboxylic acids is 1. The lowest BCUT2D eigenvalue weighted by Gasteiger charge is -2.21. The van der Waals surface area contributed by atoms with Crippen LogP contribution in [0, 0.1) is 0 Å². The van der Waals surface area contributed by atoms with Crippen molar-refractivity contribution >= 4 is 11.6 Å². The van der Waals surface area contributed by atoms with Gasteiger partial charge < -0.3 is 14.8 Å². The summed E-state index contributed by atoms with van der Waals surface area (Å²) in [5.74, 6) is 1.40. The standard InChI is InChI=1S/C23H32N2O3/c1-6-18-9-12-20(13-10-18)25-23(26)17(5)24-16(4)19-11-14-21(27-7-2)22(15-19)28-8-3/h9-17,24H,6-8H2,1-5H3,(H,25,26)/t16-,17-/m1/s1. The van der Waals surface area contributed by atoms with Gasteiger partial charge in [0.05, 0.1) is 19.3 Å². The first-order valence-corrected chi connectivity index (χ1v) is 10.0. The molecule has 0 aliphatic carbocycles. The summed E-state index contributed by atoms with van der Waals surface area (Å²) in [6.45, 7) is 11.1. The van der Waals surface area contributed by atoms with Crippen LogP contribution < -0.4 is 20.1 Å². The summed E-state index contributed by atoms with van der Waals surface area (Å²) in [5, 5.41) is 6.31. The highest BCUT2D eigenvalue weighted by Gasteiger charge is 2.18. The average molecular weight is 385 g/mol. The van der Waals surface area contributed by atoms with E-state index in [9.17, 15) is 4.79 Å². The fourth-order valence-electron chi connectivity index (χ4n) is 2.96. The Morgan fingerprint density at radius 3 is 2.18 bits per heavy atom. The van der Waals surface area contributed by atoms with E-state index in [0.717, 1.165) is 29.2 Å². The number of ether oxygens (including phenoxy) is 2. The smallest absolute Gasteiger partial charge is 0.241 e. The lowest BCUT2D eigenvalue weighted by atomic mass is 10.1. The maximum atomic E-state index is 12.5. The quantitative estimate of drug-likeness (QED) is 0.622. The molecule has 0 radical (unpaired) electrons. The van der Waals surface area contributed by atoms with Crippen molar-refractivity contribution in [3.05, 3.63) is 53.6 Å². The minimum atomic E-state index is -0.344. The third-order valence-corrected chi connectivity index (χ3v) is 4.59. The van der Waals surface area contributed by atoms with Crippen LogP contribution in [0.25, 0.3) is 0 Å². The third kappa shape index (κ3) is 5.99. The van der Waals surface area contributed by atoms with Gasteiger partial charge in [0.15, 0.2) is 11.5 Å². The Hall–Kier alpha value is -2.53. The van der Waals surface area contributed by atoms with Crippen LogP contribution in [0.5, 0.6) is 11.5 Å². The SMILES string of the molecule is CCOc1ccc([C@@H](C)N[C@H](C)C(=O)Nc2ccc(CC)cc2)cc1OCC. The summed E-state index contributed by atoms with van der Waals surface area (Å²) in [6, 6.07) is 13.5. The molecule has 2 N–H and O–H groups in total. The molecule has 0 saturated heterocycles. The molecule has 0 aliphatic rings. The highest BCUT2D eigenvalue weighted by molar-refractivity contribution is 5.94. The molecule has 0 aromatic heterocycles. The van der Waals surface area contributed by atoms with Crippen molar-refractivity contribution in [1.29, 1.82) is 0 Å². The fourth-order valence-corrected chi connectivity index (χ4v) is 2.96. The summed E-state index contributed by atoms with van der Waals surface area (Å²) in [7, 11) is 0. The van der Waals surface area contributed by atoms with E-state index in [2.05, 4.69) is 17.6 Å². The largest absolute Gasteiger partial charge is 0.490 e. The van der Waals surface area contributed by atoms with Gasteiger partial charge in [-0.2, -0.15) is 0 Å². The molecule has 0 fully saturated rings. The summed E-state index contributed by atoms with van der Waals surface area (Å²) >= 11 is 0. The van der Waals surface area contributed by atoms with Crippen LogP contribution in [-0.4, -0.2) is 25.2 Å². The highest BCUT2D eigenvalue weighted by atomic mass is 16.5. The number of hydrogen-bond acceptors (Lipinski definition) is 4. The summed E-state index contributed by atoms with van der Waals surface area (Å²) in [5.41, 5.74) is 3.10. The molecule has 0 spiro atoms. The van der Waals surface area contributed by atoms with Crippen LogP contribution in [0.15, 0.2) is 42.5 Å². The van der Waals surface area contributed by atoms with E-state index in [-0.39, 0.29) is 18.0 Å². The number of aryl methyl sites for hydroxylation is 1. The Balaban J connectivity index is 2.00. The zero-order chi connectivity index (χ0) is 20.5. The lowest BCUT2D eigenvalue weighted by Crippen LogP contribution is -2.39. The van der Waals surface area contributed by atoms with Crippen molar-refractivity contribution in [3.8, 4) is 11.5 Å².